The molecule has 2 aliphatic rings. The number of ketones is 2. The summed E-state index contributed by atoms with van der Waals surface area (Å²) < 4.78 is 0. The Bertz CT molecular complexity index is 1680. The Labute approximate surface area is 261 Å². The van der Waals surface area contributed by atoms with Gasteiger partial charge in [-0.05, 0) is 48.9 Å². The van der Waals surface area contributed by atoms with Crippen molar-refractivity contribution in [3.05, 3.63) is 108 Å². The Hall–Kier alpha value is -5.05. The number of nitrogens with one attached hydrogen (secondary N) is 3. The number of fused-ring (bicyclic) bond motifs is 1. The predicted molar refractivity (Wildman–Crippen MR) is 169 cm³/mol. The van der Waals surface area contributed by atoms with E-state index in [0.717, 1.165) is 22.0 Å². The van der Waals surface area contributed by atoms with Gasteiger partial charge >= 0.3 is 0 Å². The molecule has 1 saturated heterocycles. The van der Waals surface area contributed by atoms with Gasteiger partial charge in [0.1, 0.15) is 17.5 Å². The van der Waals surface area contributed by atoms with Gasteiger partial charge in [-0.25, -0.2) is 0 Å². The molecule has 2 fully saturated rings. The van der Waals surface area contributed by atoms with Crippen molar-refractivity contribution < 1.29 is 24.0 Å². The fraction of sp³-hybridized carbons (Fsp3) is 0.306. The van der Waals surface area contributed by atoms with Crippen LogP contribution in [0, 0.1) is 5.92 Å². The summed E-state index contributed by atoms with van der Waals surface area (Å²) in [7, 11) is 0. The first kappa shape index (κ1) is 30.0. The number of carbonyl (C=O) groups is 5. The smallest absolute Gasteiger partial charge is 0.289 e. The van der Waals surface area contributed by atoms with Crippen LogP contribution < -0.4 is 10.6 Å². The van der Waals surface area contributed by atoms with Crippen molar-refractivity contribution in [2.75, 3.05) is 6.54 Å². The average molecular weight is 605 g/mol. The van der Waals surface area contributed by atoms with Gasteiger partial charge in [0.15, 0.2) is 0 Å². The van der Waals surface area contributed by atoms with E-state index < -0.39 is 35.6 Å². The molecule has 3 aromatic carbocycles. The molecule has 1 aliphatic heterocycles. The number of hydrogen-bond acceptors (Lipinski definition) is 5. The molecule has 0 spiro atoms. The minimum atomic E-state index is -1.19. The van der Waals surface area contributed by atoms with Gasteiger partial charge in [-0.1, -0.05) is 78.9 Å². The Morgan fingerprint density at radius 3 is 2.33 bits per heavy atom. The van der Waals surface area contributed by atoms with Gasteiger partial charge in [-0.2, -0.15) is 0 Å². The van der Waals surface area contributed by atoms with Crippen molar-refractivity contribution in [3.8, 4) is 0 Å². The Kier molecular flexibility index (Phi) is 8.86. The lowest BCUT2D eigenvalue weighted by Crippen LogP contribution is -2.54. The molecule has 3 amide bonds. The topological polar surface area (TPSA) is 128 Å². The summed E-state index contributed by atoms with van der Waals surface area (Å²) in [6.45, 7) is 0.468. The van der Waals surface area contributed by atoms with Crippen LogP contribution in [0.5, 0.6) is 0 Å². The van der Waals surface area contributed by atoms with Crippen LogP contribution in [0.15, 0.2) is 91.0 Å². The molecule has 230 valence electrons. The van der Waals surface area contributed by atoms with Gasteiger partial charge in [-0.15, -0.1) is 0 Å². The normalized spacial score (nSPS) is 20.2. The number of amides is 3. The van der Waals surface area contributed by atoms with Crippen molar-refractivity contribution in [1.29, 1.82) is 0 Å². The highest BCUT2D eigenvalue weighted by atomic mass is 16.2. The van der Waals surface area contributed by atoms with Gasteiger partial charge in [0.05, 0.1) is 6.04 Å². The van der Waals surface area contributed by atoms with Crippen molar-refractivity contribution >= 4 is 40.2 Å². The number of Topliss-reactive ketones (excluding diaryl/α,β-unsaturated/α-hetero) is 2. The van der Waals surface area contributed by atoms with Crippen LogP contribution >= 0.6 is 0 Å². The maximum absolute atomic E-state index is 14.0. The molecule has 2 heterocycles. The van der Waals surface area contributed by atoms with E-state index in [9.17, 15) is 24.0 Å². The van der Waals surface area contributed by atoms with E-state index in [-0.39, 0.29) is 30.6 Å². The second-order valence-corrected chi connectivity index (χ2v) is 12.0. The Morgan fingerprint density at radius 1 is 0.911 bits per heavy atom. The highest BCUT2D eigenvalue weighted by Gasteiger charge is 2.43. The SMILES string of the molecule is O=C(NCc1ccccc1)C(=O)C(CC1CCCC1=O)NC(=O)C1CC(c2ccccc2)CN1C(=O)c1cc2ccccc2[nH]1. The van der Waals surface area contributed by atoms with Crippen LogP contribution in [0.4, 0.5) is 0 Å². The van der Waals surface area contributed by atoms with Crippen LogP contribution in [-0.2, 0) is 25.7 Å². The maximum atomic E-state index is 14.0. The van der Waals surface area contributed by atoms with Gasteiger partial charge in [0, 0.05) is 42.2 Å². The van der Waals surface area contributed by atoms with E-state index in [1.54, 1.807) is 11.0 Å². The van der Waals surface area contributed by atoms with Crippen LogP contribution in [-0.4, -0.2) is 57.8 Å². The van der Waals surface area contributed by atoms with Crippen LogP contribution in [0.2, 0.25) is 0 Å². The second-order valence-electron chi connectivity index (χ2n) is 12.0. The molecule has 4 atom stereocenters. The zero-order valence-electron chi connectivity index (χ0n) is 24.9. The van der Waals surface area contributed by atoms with E-state index in [2.05, 4.69) is 15.6 Å². The van der Waals surface area contributed by atoms with Crippen molar-refractivity contribution in [2.24, 2.45) is 5.92 Å². The molecule has 1 saturated carbocycles. The fourth-order valence-electron chi connectivity index (χ4n) is 6.56. The van der Waals surface area contributed by atoms with Crippen LogP contribution in [0.3, 0.4) is 0 Å². The zero-order valence-corrected chi connectivity index (χ0v) is 24.9. The molecule has 1 aromatic heterocycles. The third kappa shape index (κ3) is 6.72. The maximum Gasteiger partial charge on any atom is 0.289 e. The lowest BCUT2D eigenvalue weighted by atomic mass is 9.93. The summed E-state index contributed by atoms with van der Waals surface area (Å²) in [5.41, 5.74) is 3.02. The van der Waals surface area contributed by atoms with E-state index in [1.165, 1.54) is 0 Å². The number of benzene rings is 3. The number of H-pyrrole nitrogens is 1. The Balaban J connectivity index is 1.24. The molecule has 6 rings (SSSR count). The first-order valence-electron chi connectivity index (χ1n) is 15.5. The second kappa shape index (κ2) is 13.3. The highest BCUT2D eigenvalue weighted by Crippen LogP contribution is 2.34. The lowest BCUT2D eigenvalue weighted by molar-refractivity contribution is -0.141. The number of aromatic amines is 1. The highest BCUT2D eigenvalue weighted by molar-refractivity contribution is 6.38. The summed E-state index contributed by atoms with van der Waals surface area (Å²) in [6.07, 6.45) is 2.15. The summed E-state index contributed by atoms with van der Waals surface area (Å²) in [5, 5.41) is 6.35. The molecular weight excluding hydrogens is 568 g/mol. The number of para-hydroxylation sites is 1. The van der Waals surface area contributed by atoms with E-state index in [1.807, 2.05) is 84.9 Å². The summed E-state index contributed by atoms with van der Waals surface area (Å²) >= 11 is 0. The lowest BCUT2D eigenvalue weighted by Gasteiger charge is -2.26. The molecule has 45 heavy (non-hydrogen) atoms. The number of hydrogen-bond donors (Lipinski definition) is 3. The molecule has 4 aromatic rings. The van der Waals surface area contributed by atoms with Gasteiger partial charge in [-0.3, -0.25) is 24.0 Å². The van der Waals surface area contributed by atoms with Crippen molar-refractivity contribution in [3.63, 3.8) is 0 Å². The summed E-state index contributed by atoms with van der Waals surface area (Å²) in [6, 6.07) is 26.2. The summed E-state index contributed by atoms with van der Waals surface area (Å²) in [4.78, 5) is 71.8. The molecule has 9 nitrogen and oxygen atoms in total. The molecule has 3 N–H and O–H groups in total. The molecule has 1 aliphatic carbocycles. The van der Waals surface area contributed by atoms with Crippen LogP contribution in [0.25, 0.3) is 10.9 Å². The molecule has 0 radical (unpaired) electrons. The number of likely N-dealkylation sites (tertiary alicyclic amines) is 1. The number of nitrogens with zero attached hydrogens (tertiary/aromatic N) is 1. The average Bonchev–Trinajstić information content (AvgIpc) is 3.82. The Morgan fingerprint density at radius 2 is 1.62 bits per heavy atom. The fourth-order valence-corrected chi connectivity index (χ4v) is 6.56. The minimum Gasteiger partial charge on any atom is -0.351 e. The minimum absolute atomic E-state index is 0.0346. The third-order valence-corrected chi connectivity index (χ3v) is 9.00. The van der Waals surface area contributed by atoms with E-state index in [4.69, 9.17) is 0 Å². The first-order chi connectivity index (χ1) is 21.9. The predicted octanol–water partition coefficient (Wildman–Crippen LogP) is 4.30. The monoisotopic (exact) mass is 604 g/mol. The molecule has 0 bridgehead atoms. The molecule has 4 unspecified atom stereocenters. The number of carbonyl (C=O) groups excluding carboxylic acids is 5. The van der Waals surface area contributed by atoms with Crippen molar-refractivity contribution in [2.45, 2.75) is 56.7 Å². The standard InChI is InChI=1S/C36H36N4O5/c41-32-17-9-15-26(32)19-29(33(42)35(44)37-21-23-10-3-1-4-11-23)39-34(43)31-20-27(24-12-5-2-6-13-24)22-40(31)36(45)30-18-25-14-7-8-16-28(25)38-30/h1-8,10-14,16,18,26-27,29,31,38H,9,15,17,19-22H2,(H,37,44)(H,39,43). The third-order valence-electron chi connectivity index (χ3n) is 9.00. The number of rotatable bonds is 10. The molecule has 9 heteroatoms. The number of aromatic nitrogens is 1. The molecular formula is C36H36N4O5. The van der Waals surface area contributed by atoms with Crippen LogP contribution in [0.1, 0.15) is 59.6 Å². The zero-order chi connectivity index (χ0) is 31.3. The largest absolute Gasteiger partial charge is 0.351 e. The van der Waals surface area contributed by atoms with Gasteiger partial charge in [0.2, 0.25) is 11.7 Å². The van der Waals surface area contributed by atoms with Gasteiger partial charge in [0.25, 0.3) is 11.8 Å². The van der Waals surface area contributed by atoms with E-state index in [0.29, 0.717) is 37.9 Å². The van der Waals surface area contributed by atoms with Crippen molar-refractivity contribution in [1.82, 2.24) is 20.5 Å². The summed E-state index contributed by atoms with van der Waals surface area (Å²) in [5.74, 6) is -2.94. The first-order valence-corrected chi connectivity index (χ1v) is 15.5. The van der Waals surface area contributed by atoms with E-state index >= 15 is 0 Å². The van der Waals surface area contributed by atoms with Gasteiger partial charge < -0.3 is 20.5 Å². The quantitative estimate of drug-likeness (QED) is 0.233.